The van der Waals surface area contributed by atoms with Crippen LogP contribution in [-0.2, 0) is 47.7 Å². The molecule has 1 aliphatic heterocycles. The minimum atomic E-state index is -1.40. The molecule has 15 heteroatoms. The number of benzene rings is 2. The Hall–Kier alpha value is -5.47. The van der Waals surface area contributed by atoms with Crippen molar-refractivity contribution in [3.63, 3.8) is 0 Å². The van der Waals surface area contributed by atoms with Gasteiger partial charge in [-0.3, -0.25) is 14.4 Å². The monoisotopic (exact) mass is 792 g/mol. The van der Waals surface area contributed by atoms with Gasteiger partial charge in [0.15, 0.2) is 18.3 Å². The molecule has 4 N–H and O–H groups in total. The summed E-state index contributed by atoms with van der Waals surface area (Å²) in [5.74, 6) is -6.73. The lowest BCUT2D eigenvalue weighted by atomic mass is 9.98. The molecule has 0 spiro atoms. The zero-order valence-corrected chi connectivity index (χ0v) is 33.9. The third-order valence-electron chi connectivity index (χ3n) is 10.0. The maximum absolute atomic E-state index is 13.7. The predicted molar refractivity (Wildman–Crippen MR) is 208 cm³/mol. The number of rotatable bonds is 10. The number of amides is 4. The summed E-state index contributed by atoms with van der Waals surface area (Å²) in [5.41, 5.74) is 4.40. The lowest BCUT2D eigenvalue weighted by Crippen LogP contribution is -2.55. The molecular formula is C42H56N4O11. The van der Waals surface area contributed by atoms with Gasteiger partial charge in [-0.15, -0.1) is 0 Å². The highest BCUT2D eigenvalue weighted by atomic mass is 16.6. The van der Waals surface area contributed by atoms with Gasteiger partial charge in [-0.25, -0.2) is 19.2 Å². The van der Waals surface area contributed by atoms with E-state index in [1.54, 1.807) is 41.5 Å². The summed E-state index contributed by atoms with van der Waals surface area (Å²) >= 11 is 0. The molecule has 1 fully saturated rings. The number of cyclic esters (lactones) is 3. The summed E-state index contributed by atoms with van der Waals surface area (Å²) in [7, 11) is 0. The first-order valence-electron chi connectivity index (χ1n) is 19.6. The summed E-state index contributed by atoms with van der Waals surface area (Å²) in [6.07, 6.45) is -3.98. The summed E-state index contributed by atoms with van der Waals surface area (Å²) in [6.45, 7) is 12.9. The van der Waals surface area contributed by atoms with Crippen molar-refractivity contribution in [2.45, 2.75) is 117 Å². The van der Waals surface area contributed by atoms with Gasteiger partial charge in [0.1, 0.15) is 24.7 Å². The Morgan fingerprint density at radius 1 is 0.649 bits per heavy atom. The molecule has 2 aromatic carbocycles. The van der Waals surface area contributed by atoms with Crippen molar-refractivity contribution in [1.82, 2.24) is 21.3 Å². The van der Waals surface area contributed by atoms with E-state index in [0.29, 0.717) is 12.8 Å². The normalized spacial score (nSPS) is 23.9. The van der Waals surface area contributed by atoms with Crippen molar-refractivity contribution in [3.05, 3.63) is 59.7 Å². The summed E-state index contributed by atoms with van der Waals surface area (Å²) in [5, 5.41) is 10.4. The SMILES string of the molecule is CC1OC(=O)C(C(C)C)NC(=O)C(C)OC(=O)C(C(C)C)NC(=O)C(C(C)C)OC(=O)C(CCCCNC(=O)OCC2c3ccccc3-c3ccccc32)NC1=O. The van der Waals surface area contributed by atoms with Crippen molar-refractivity contribution in [1.29, 1.82) is 0 Å². The van der Waals surface area contributed by atoms with Crippen molar-refractivity contribution in [2.24, 2.45) is 17.8 Å². The average Bonchev–Trinajstić information content (AvgIpc) is 3.48. The number of unbranched alkanes of at least 4 members (excludes halogenated alkanes) is 1. The van der Waals surface area contributed by atoms with E-state index in [0.717, 1.165) is 22.3 Å². The molecular weight excluding hydrogens is 736 g/mol. The van der Waals surface area contributed by atoms with Gasteiger partial charge in [-0.05, 0) is 73.1 Å². The van der Waals surface area contributed by atoms with Crippen LogP contribution in [0.25, 0.3) is 11.1 Å². The molecule has 0 radical (unpaired) electrons. The van der Waals surface area contributed by atoms with Gasteiger partial charge in [-0.1, -0.05) is 90.1 Å². The Morgan fingerprint density at radius 3 is 1.65 bits per heavy atom. The van der Waals surface area contributed by atoms with Crippen LogP contribution in [0.5, 0.6) is 0 Å². The van der Waals surface area contributed by atoms with Gasteiger partial charge in [0, 0.05) is 12.5 Å². The average molecular weight is 793 g/mol. The fraction of sp³-hybridized carbons (Fsp3) is 0.548. The maximum atomic E-state index is 13.7. The van der Waals surface area contributed by atoms with Crippen molar-refractivity contribution in [2.75, 3.05) is 13.2 Å². The molecule has 4 amide bonds. The van der Waals surface area contributed by atoms with Crippen LogP contribution in [0, 0.1) is 17.8 Å². The van der Waals surface area contributed by atoms with Crippen LogP contribution >= 0.6 is 0 Å². The molecule has 1 heterocycles. The van der Waals surface area contributed by atoms with E-state index in [1.807, 2.05) is 36.4 Å². The van der Waals surface area contributed by atoms with E-state index < -0.39 is 95.9 Å². The number of esters is 3. The third kappa shape index (κ3) is 11.5. The second kappa shape index (κ2) is 20.1. The Morgan fingerprint density at radius 2 is 1.14 bits per heavy atom. The zero-order chi connectivity index (χ0) is 42.0. The summed E-state index contributed by atoms with van der Waals surface area (Å²) in [4.78, 5) is 92.7. The highest BCUT2D eigenvalue weighted by Gasteiger charge is 2.38. The Balaban J connectivity index is 1.43. The first-order chi connectivity index (χ1) is 27.0. The standard InChI is InChI=1S/C42H56N4O11/c1-22(2)33-40(51)55-25(7)36(47)44-32(39(50)57-35(24(5)6)38(49)46-34(23(3)4)41(52)56-26(8)37(48)45-33)19-13-14-20-43-42(53)54-21-31-29-17-11-9-15-27(29)28-16-10-12-18-30(28)31/h9-12,15-18,22-26,31-35H,13-14,19-21H2,1-8H3,(H,43,53)(H,44,47)(H,45,48)(H,46,49). The summed E-state index contributed by atoms with van der Waals surface area (Å²) < 4.78 is 22.1. The second-order valence-corrected chi connectivity index (χ2v) is 15.5. The molecule has 6 atom stereocenters. The number of nitrogens with one attached hydrogen (secondary N) is 4. The van der Waals surface area contributed by atoms with Crippen LogP contribution in [0.3, 0.4) is 0 Å². The number of fused-ring (bicyclic) bond motifs is 3. The van der Waals surface area contributed by atoms with Gasteiger partial charge < -0.3 is 40.2 Å². The van der Waals surface area contributed by atoms with E-state index in [2.05, 4.69) is 33.4 Å². The smallest absolute Gasteiger partial charge is 0.407 e. The molecule has 310 valence electrons. The van der Waals surface area contributed by atoms with Crippen LogP contribution in [0.15, 0.2) is 48.5 Å². The molecule has 57 heavy (non-hydrogen) atoms. The van der Waals surface area contributed by atoms with Gasteiger partial charge in [0.25, 0.3) is 17.7 Å². The quantitative estimate of drug-likeness (QED) is 0.154. The van der Waals surface area contributed by atoms with E-state index in [1.165, 1.54) is 13.8 Å². The first-order valence-corrected chi connectivity index (χ1v) is 19.6. The lowest BCUT2D eigenvalue weighted by Gasteiger charge is -2.29. The molecule has 1 aliphatic carbocycles. The Bertz CT molecular complexity index is 1750. The van der Waals surface area contributed by atoms with Crippen LogP contribution in [-0.4, -0.2) is 91.3 Å². The number of alkyl carbamates (subject to hydrolysis) is 1. The van der Waals surface area contributed by atoms with E-state index in [4.69, 9.17) is 18.9 Å². The topological polar surface area (TPSA) is 205 Å². The lowest BCUT2D eigenvalue weighted by molar-refractivity contribution is -0.166. The number of carbonyl (C=O) groups excluding carboxylic acids is 7. The van der Waals surface area contributed by atoms with Crippen molar-refractivity contribution in [3.8, 4) is 11.1 Å². The van der Waals surface area contributed by atoms with Gasteiger partial charge >= 0.3 is 24.0 Å². The zero-order valence-electron chi connectivity index (χ0n) is 33.9. The van der Waals surface area contributed by atoms with E-state index in [9.17, 15) is 33.6 Å². The molecule has 1 saturated heterocycles. The van der Waals surface area contributed by atoms with Gasteiger partial charge in [-0.2, -0.15) is 0 Å². The Labute approximate surface area is 333 Å². The molecule has 0 saturated carbocycles. The van der Waals surface area contributed by atoms with E-state index in [-0.39, 0.29) is 25.5 Å². The third-order valence-corrected chi connectivity index (χ3v) is 10.0. The molecule has 15 nitrogen and oxygen atoms in total. The molecule has 6 unspecified atom stereocenters. The largest absolute Gasteiger partial charge is 0.451 e. The minimum Gasteiger partial charge on any atom is -0.451 e. The minimum absolute atomic E-state index is 0.0353. The predicted octanol–water partition coefficient (Wildman–Crippen LogP) is 3.91. The van der Waals surface area contributed by atoms with Crippen molar-refractivity contribution < 1.29 is 52.5 Å². The van der Waals surface area contributed by atoms with Gasteiger partial charge in [0.05, 0.1) is 0 Å². The Kier molecular flexibility index (Phi) is 15.6. The van der Waals surface area contributed by atoms with Crippen LogP contribution in [0.1, 0.15) is 91.7 Å². The van der Waals surface area contributed by atoms with Crippen LogP contribution < -0.4 is 21.3 Å². The maximum Gasteiger partial charge on any atom is 0.407 e. The highest BCUT2D eigenvalue weighted by molar-refractivity contribution is 5.93. The molecule has 0 bridgehead atoms. The van der Waals surface area contributed by atoms with Crippen molar-refractivity contribution >= 4 is 41.7 Å². The first kappa shape index (κ1) is 44.2. The fourth-order valence-electron chi connectivity index (χ4n) is 6.65. The van der Waals surface area contributed by atoms with Gasteiger partial charge in [0.2, 0.25) is 0 Å². The number of carbonyl (C=O) groups is 7. The van der Waals surface area contributed by atoms with E-state index >= 15 is 0 Å². The number of hydrogen-bond donors (Lipinski definition) is 4. The number of hydrogen-bond acceptors (Lipinski definition) is 11. The molecule has 2 aromatic rings. The number of ether oxygens (including phenoxy) is 4. The highest BCUT2D eigenvalue weighted by Crippen LogP contribution is 2.44. The molecule has 0 aromatic heterocycles. The molecule has 4 rings (SSSR count). The summed E-state index contributed by atoms with van der Waals surface area (Å²) in [6, 6.07) is 12.3. The van der Waals surface area contributed by atoms with Crippen LogP contribution in [0.2, 0.25) is 0 Å². The second-order valence-electron chi connectivity index (χ2n) is 15.5. The van der Waals surface area contributed by atoms with Crippen LogP contribution in [0.4, 0.5) is 4.79 Å². The molecule has 2 aliphatic rings. The fourth-order valence-corrected chi connectivity index (χ4v) is 6.65.